The summed E-state index contributed by atoms with van der Waals surface area (Å²) in [4.78, 5) is 0. The van der Waals surface area contributed by atoms with E-state index < -0.39 is 0 Å². The molecule has 0 aliphatic heterocycles. The van der Waals surface area contributed by atoms with Crippen molar-refractivity contribution in [3.63, 3.8) is 0 Å². The Bertz CT molecular complexity index is 122. The Morgan fingerprint density at radius 2 is 1.53 bits per heavy atom. The molecule has 0 atom stereocenters. The fourth-order valence-electron chi connectivity index (χ4n) is 1.20. The highest BCUT2D eigenvalue weighted by molar-refractivity contribution is 4.75. The quantitative estimate of drug-likeness (QED) is 0.346. The summed E-state index contributed by atoms with van der Waals surface area (Å²) in [5.41, 5.74) is 0. The van der Waals surface area contributed by atoms with Gasteiger partial charge in [0.15, 0.2) is 0 Å². The van der Waals surface area contributed by atoms with E-state index in [1.807, 2.05) is 6.08 Å². The first-order valence-corrected chi connectivity index (χ1v) is 6.55. The van der Waals surface area contributed by atoms with Crippen LogP contribution >= 0.6 is 0 Å². The van der Waals surface area contributed by atoms with Crippen molar-refractivity contribution >= 4 is 0 Å². The van der Waals surface area contributed by atoms with E-state index >= 15 is 0 Å². The molecule has 0 spiro atoms. The zero-order valence-electron chi connectivity index (χ0n) is 11.1. The number of rotatable bonds is 8. The molecule has 15 heavy (non-hydrogen) atoms. The van der Waals surface area contributed by atoms with Gasteiger partial charge in [-0.2, -0.15) is 0 Å². The highest BCUT2D eigenvalue weighted by Crippen LogP contribution is 2.01. The number of hydrogen-bond acceptors (Lipinski definition) is 0. The topological polar surface area (TPSA) is 0 Å². The standard InChI is InChI=1S/C8H16.C7H14/c1-3-5-7-8-6-4-2;1-3-5-7-6-4-2/h3H,1,4-8H2,2H3;3,5H,4,6-7H2,1-2H3. The Labute approximate surface area is 97.5 Å². The molecule has 0 nitrogen and oxygen atoms in total. The van der Waals surface area contributed by atoms with Gasteiger partial charge in [-0.25, -0.2) is 0 Å². The minimum absolute atomic E-state index is 1.19. The SMILES string of the molecule is C=CCCCCCC.CC=CCCCC. The van der Waals surface area contributed by atoms with E-state index in [1.54, 1.807) is 0 Å². The minimum Gasteiger partial charge on any atom is -0.103 e. The molecule has 0 radical (unpaired) electrons. The van der Waals surface area contributed by atoms with Crippen LogP contribution in [0.25, 0.3) is 0 Å². The summed E-state index contributed by atoms with van der Waals surface area (Å²) >= 11 is 0. The molecular formula is C15H30. The Morgan fingerprint density at radius 3 is 2.00 bits per heavy atom. The highest BCUT2D eigenvalue weighted by atomic mass is 13.9. The van der Waals surface area contributed by atoms with Crippen molar-refractivity contribution < 1.29 is 0 Å². The van der Waals surface area contributed by atoms with Crippen molar-refractivity contribution in [2.45, 2.75) is 72.1 Å². The summed E-state index contributed by atoms with van der Waals surface area (Å²) < 4.78 is 0. The molecule has 0 heteroatoms. The lowest BCUT2D eigenvalue weighted by Crippen LogP contribution is -1.71. The number of allylic oxidation sites excluding steroid dienone is 3. The molecule has 0 aliphatic rings. The molecule has 0 saturated carbocycles. The molecule has 0 aromatic carbocycles. The predicted molar refractivity (Wildman–Crippen MR) is 73.3 cm³/mol. The molecule has 0 saturated heterocycles. The maximum atomic E-state index is 3.66. The highest BCUT2D eigenvalue weighted by Gasteiger charge is 1.81. The molecule has 0 bridgehead atoms. The van der Waals surface area contributed by atoms with Crippen LogP contribution in [-0.4, -0.2) is 0 Å². The van der Waals surface area contributed by atoms with Crippen LogP contribution in [0.2, 0.25) is 0 Å². The van der Waals surface area contributed by atoms with Crippen LogP contribution < -0.4 is 0 Å². The number of unbranched alkanes of at least 4 members (excludes halogenated alkanes) is 6. The maximum absolute atomic E-state index is 3.66. The van der Waals surface area contributed by atoms with Gasteiger partial charge in [-0.05, 0) is 26.2 Å². The normalized spacial score (nSPS) is 9.80. The van der Waals surface area contributed by atoms with Gasteiger partial charge in [0, 0.05) is 0 Å². The van der Waals surface area contributed by atoms with Crippen LogP contribution in [0.5, 0.6) is 0 Å². The first-order valence-electron chi connectivity index (χ1n) is 6.55. The van der Waals surface area contributed by atoms with Crippen LogP contribution in [0, 0.1) is 0 Å². The van der Waals surface area contributed by atoms with Crippen LogP contribution in [0.4, 0.5) is 0 Å². The molecule has 90 valence electrons. The first-order chi connectivity index (χ1) is 7.33. The second-order valence-electron chi connectivity index (χ2n) is 3.85. The van der Waals surface area contributed by atoms with Crippen LogP contribution in [-0.2, 0) is 0 Å². The molecule has 0 amide bonds. The largest absolute Gasteiger partial charge is 0.103 e. The average Bonchev–Trinajstić information content (AvgIpc) is 2.26. The van der Waals surface area contributed by atoms with Gasteiger partial charge in [0.25, 0.3) is 0 Å². The van der Waals surface area contributed by atoms with Gasteiger partial charge in [0.2, 0.25) is 0 Å². The predicted octanol–water partition coefficient (Wildman–Crippen LogP) is 5.90. The summed E-state index contributed by atoms with van der Waals surface area (Å²) in [5.74, 6) is 0. The van der Waals surface area contributed by atoms with Crippen molar-refractivity contribution in [2.24, 2.45) is 0 Å². The second kappa shape index (κ2) is 19.1. The van der Waals surface area contributed by atoms with E-state index in [-0.39, 0.29) is 0 Å². The van der Waals surface area contributed by atoms with Gasteiger partial charge in [-0.1, -0.05) is 64.2 Å². The summed E-state index contributed by atoms with van der Waals surface area (Å²) in [6.07, 6.45) is 16.8. The molecule has 0 fully saturated rings. The van der Waals surface area contributed by atoms with Crippen LogP contribution in [0.3, 0.4) is 0 Å². The Morgan fingerprint density at radius 1 is 0.867 bits per heavy atom. The second-order valence-corrected chi connectivity index (χ2v) is 3.85. The Hall–Kier alpha value is -0.520. The molecule has 0 aromatic heterocycles. The van der Waals surface area contributed by atoms with Crippen molar-refractivity contribution in [1.82, 2.24) is 0 Å². The fourth-order valence-corrected chi connectivity index (χ4v) is 1.20. The van der Waals surface area contributed by atoms with Gasteiger partial charge in [-0.15, -0.1) is 6.58 Å². The summed E-state index contributed by atoms with van der Waals surface area (Å²) in [7, 11) is 0. The lowest BCUT2D eigenvalue weighted by Gasteiger charge is -1.91. The van der Waals surface area contributed by atoms with Crippen LogP contribution in [0.1, 0.15) is 72.1 Å². The van der Waals surface area contributed by atoms with E-state index in [0.717, 1.165) is 0 Å². The molecule has 0 N–H and O–H groups in total. The van der Waals surface area contributed by atoms with E-state index in [2.05, 4.69) is 39.5 Å². The van der Waals surface area contributed by atoms with Gasteiger partial charge in [-0.3, -0.25) is 0 Å². The fraction of sp³-hybridized carbons (Fsp3) is 0.733. The third-order valence-corrected chi connectivity index (χ3v) is 2.22. The zero-order valence-corrected chi connectivity index (χ0v) is 11.1. The lowest BCUT2D eigenvalue weighted by molar-refractivity contribution is 0.675. The van der Waals surface area contributed by atoms with Gasteiger partial charge in [0.1, 0.15) is 0 Å². The van der Waals surface area contributed by atoms with Crippen molar-refractivity contribution in [2.75, 3.05) is 0 Å². The van der Waals surface area contributed by atoms with E-state index in [4.69, 9.17) is 0 Å². The third-order valence-electron chi connectivity index (χ3n) is 2.22. The third kappa shape index (κ3) is 24.7. The van der Waals surface area contributed by atoms with Gasteiger partial charge >= 0.3 is 0 Å². The molecule has 0 unspecified atom stereocenters. The monoisotopic (exact) mass is 210 g/mol. The first kappa shape index (κ1) is 16.9. The van der Waals surface area contributed by atoms with Gasteiger partial charge in [0.05, 0.1) is 0 Å². The minimum atomic E-state index is 1.19. The maximum Gasteiger partial charge on any atom is -0.0351 e. The number of hydrogen-bond donors (Lipinski definition) is 0. The Balaban J connectivity index is 0. The summed E-state index contributed by atoms with van der Waals surface area (Å²) in [6.45, 7) is 10.2. The van der Waals surface area contributed by atoms with E-state index in [1.165, 1.54) is 51.4 Å². The van der Waals surface area contributed by atoms with Crippen molar-refractivity contribution in [3.05, 3.63) is 24.8 Å². The lowest BCUT2D eigenvalue weighted by atomic mass is 10.2. The Kier molecular flexibility index (Phi) is 21.5. The summed E-state index contributed by atoms with van der Waals surface area (Å²) in [6, 6.07) is 0. The summed E-state index contributed by atoms with van der Waals surface area (Å²) in [5, 5.41) is 0. The molecular weight excluding hydrogens is 180 g/mol. The average molecular weight is 210 g/mol. The van der Waals surface area contributed by atoms with Crippen molar-refractivity contribution in [1.29, 1.82) is 0 Å². The molecule has 0 heterocycles. The molecule has 0 aliphatic carbocycles. The smallest absolute Gasteiger partial charge is 0.0351 e. The van der Waals surface area contributed by atoms with Crippen LogP contribution in [0.15, 0.2) is 24.8 Å². The van der Waals surface area contributed by atoms with Crippen molar-refractivity contribution in [3.8, 4) is 0 Å². The van der Waals surface area contributed by atoms with E-state index in [0.29, 0.717) is 0 Å². The van der Waals surface area contributed by atoms with Gasteiger partial charge < -0.3 is 0 Å². The zero-order chi connectivity index (χ0) is 11.8. The molecule has 0 aromatic rings. The molecule has 0 rings (SSSR count). The van der Waals surface area contributed by atoms with E-state index in [9.17, 15) is 0 Å².